The van der Waals surface area contributed by atoms with Crippen LogP contribution in [-0.2, 0) is 76.1 Å². The van der Waals surface area contributed by atoms with Crippen molar-refractivity contribution in [2.75, 3.05) is 20.3 Å². The summed E-state index contributed by atoms with van der Waals surface area (Å²) < 4.78 is 56.1. The van der Waals surface area contributed by atoms with Gasteiger partial charge in [0.05, 0.1) is 17.7 Å². The Labute approximate surface area is 296 Å². The van der Waals surface area contributed by atoms with E-state index >= 15 is 0 Å². The van der Waals surface area contributed by atoms with Crippen LogP contribution in [-0.4, -0.2) is 134 Å². The molecule has 10 atom stereocenters. The Balaban J connectivity index is 1.80. The summed E-state index contributed by atoms with van der Waals surface area (Å²) in [4.78, 5) is 102. The lowest BCUT2D eigenvalue weighted by atomic mass is 9.94. The number of nitrogens with zero attached hydrogens (tertiary/aromatic N) is 1. The second kappa shape index (κ2) is 17.0. The highest BCUT2D eigenvalue weighted by molar-refractivity contribution is 6.21. The van der Waals surface area contributed by atoms with Gasteiger partial charge in [-0.1, -0.05) is 12.1 Å². The van der Waals surface area contributed by atoms with E-state index in [1.54, 1.807) is 0 Å². The third-order valence-corrected chi connectivity index (χ3v) is 7.95. The molecule has 19 heteroatoms. The molecule has 1 aromatic carbocycles. The molecule has 52 heavy (non-hydrogen) atoms. The predicted octanol–water partition coefficient (Wildman–Crippen LogP) is -0.0144. The highest BCUT2D eigenvalue weighted by Crippen LogP contribution is 2.37. The molecule has 0 spiro atoms. The number of carbonyl (C=O) groups excluding carboxylic acids is 8. The molecule has 3 aliphatic rings. The number of hydrogen-bond acceptors (Lipinski definition) is 18. The van der Waals surface area contributed by atoms with Crippen LogP contribution in [0.1, 0.15) is 62.3 Å². The Morgan fingerprint density at radius 2 is 1.00 bits per heavy atom. The zero-order valence-corrected chi connectivity index (χ0v) is 29.3. The highest BCUT2D eigenvalue weighted by Gasteiger charge is 2.58. The van der Waals surface area contributed by atoms with Crippen molar-refractivity contribution in [3.63, 3.8) is 0 Å². The summed E-state index contributed by atoms with van der Waals surface area (Å²) in [5.74, 6) is -6.69. The van der Waals surface area contributed by atoms with Crippen LogP contribution in [0.25, 0.3) is 0 Å². The van der Waals surface area contributed by atoms with Crippen molar-refractivity contribution in [2.45, 2.75) is 103 Å². The molecule has 0 unspecified atom stereocenters. The van der Waals surface area contributed by atoms with Crippen molar-refractivity contribution in [1.82, 2.24) is 4.90 Å². The molecule has 0 N–H and O–H groups in total. The van der Waals surface area contributed by atoms with Crippen molar-refractivity contribution in [1.29, 1.82) is 0 Å². The van der Waals surface area contributed by atoms with Crippen molar-refractivity contribution < 1.29 is 85.7 Å². The molecule has 0 saturated carbocycles. The minimum atomic E-state index is -1.75. The summed E-state index contributed by atoms with van der Waals surface area (Å²) in [6.07, 6.45) is -13.6. The molecule has 1 aromatic rings. The van der Waals surface area contributed by atoms with Gasteiger partial charge in [-0.25, -0.2) is 0 Å². The van der Waals surface area contributed by atoms with Gasteiger partial charge in [-0.3, -0.25) is 43.3 Å². The van der Waals surface area contributed by atoms with Crippen LogP contribution in [0, 0.1) is 0 Å². The molecule has 19 nitrogen and oxygen atoms in total. The fourth-order valence-corrected chi connectivity index (χ4v) is 6.14. The molecule has 3 aliphatic heterocycles. The molecule has 284 valence electrons. The Morgan fingerprint density at radius 3 is 1.48 bits per heavy atom. The number of fused-ring (bicyclic) bond motifs is 1. The Kier molecular flexibility index (Phi) is 13.0. The monoisotopic (exact) mass is 737 g/mol. The van der Waals surface area contributed by atoms with Crippen LogP contribution in [0.4, 0.5) is 0 Å². The molecule has 0 bridgehead atoms. The van der Waals surface area contributed by atoms with E-state index in [1.807, 2.05) is 0 Å². The van der Waals surface area contributed by atoms with Crippen LogP contribution in [0.5, 0.6) is 0 Å². The third kappa shape index (κ3) is 9.08. The van der Waals surface area contributed by atoms with Gasteiger partial charge < -0.3 is 47.4 Å². The lowest BCUT2D eigenvalue weighted by Gasteiger charge is -2.48. The molecule has 2 fully saturated rings. The second-order valence-corrected chi connectivity index (χ2v) is 11.8. The molecule has 2 saturated heterocycles. The third-order valence-electron chi connectivity index (χ3n) is 7.95. The van der Waals surface area contributed by atoms with Gasteiger partial charge >= 0.3 is 35.8 Å². The smallest absolute Gasteiger partial charge is 0.303 e. The van der Waals surface area contributed by atoms with E-state index in [2.05, 4.69) is 0 Å². The second-order valence-electron chi connectivity index (χ2n) is 11.8. The van der Waals surface area contributed by atoms with Gasteiger partial charge in [-0.05, 0) is 12.1 Å². The van der Waals surface area contributed by atoms with E-state index in [0.29, 0.717) is 0 Å². The van der Waals surface area contributed by atoms with Gasteiger partial charge in [0.25, 0.3) is 11.8 Å². The van der Waals surface area contributed by atoms with Crippen molar-refractivity contribution >= 4 is 47.6 Å². The standard InChI is InChI=1S/C33H39NO18/c1-14(35)44-12-22-25(46-15(2)36)27(48-17(4)38)24(34-30(41)20-10-8-9-11-21(20)31(34)42)32(51-22)45-13-23-26(47-16(3)37)28(49-18(5)39)29(50-19(6)40)33(43-7)52-23/h8-11,22-29,32-33H,12-13H2,1-7H3/t22-,23-,24-,25-,26-,27-,28+,29-,32-,33+/m1/s1. The van der Waals surface area contributed by atoms with E-state index in [9.17, 15) is 38.4 Å². The van der Waals surface area contributed by atoms with Gasteiger partial charge in [-0.2, -0.15) is 0 Å². The van der Waals surface area contributed by atoms with Gasteiger partial charge in [-0.15, -0.1) is 0 Å². The van der Waals surface area contributed by atoms with Crippen LogP contribution >= 0.6 is 0 Å². The van der Waals surface area contributed by atoms with Crippen LogP contribution in [0.15, 0.2) is 24.3 Å². The van der Waals surface area contributed by atoms with Gasteiger partial charge in [0.15, 0.2) is 43.1 Å². The summed E-state index contributed by atoms with van der Waals surface area (Å²) in [6.45, 7) is 5.20. The van der Waals surface area contributed by atoms with Crippen LogP contribution < -0.4 is 0 Å². The zero-order valence-electron chi connectivity index (χ0n) is 29.3. The number of benzene rings is 1. The number of carbonyl (C=O) groups is 8. The maximum Gasteiger partial charge on any atom is 0.303 e. The fourth-order valence-electron chi connectivity index (χ4n) is 6.14. The SMILES string of the molecule is CO[C@H]1O[C@H](CO[C@@H]2O[C@H](COC(C)=O)[C@@H](OC(C)=O)[C@H](OC(C)=O)[C@H]2N2C(=O)c3ccccc3C2=O)[C@@H](OC(C)=O)[C@H](OC(C)=O)[C@H]1OC(C)=O. The van der Waals surface area contributed by atoms with E-state index in [-0.39, 0.29) is 11.1 Å². The average Bonchev–Trinajstić information content (AvgIpc) is 3.30. The maximum atomic E-state index is 13.8. The van der Waals surface area contributed by atoms with E-state index in [0.717, 1.165) is 46.4 Å². The first-order valence-corrected chi connectivity index (χ1v) is 16.0. The summed E-state index contributed by atoms with van der Waals surface area (Å²) >= 11 is 0. The largest absolute Gasteiger partial charge is 0.463 e. The highest BCUT2D eigenvalue weighted by atomic mass is 16.7. The van der Waals surface area contributed by atoms with Gasteiger partial charge in [0.1, 0.15) is 24.9 Å². The van der Waals surface area contributed by atoms with Gasteiger partial charge in [0, 0.05) is 48.7 Å². The minimum Gasteiger partial charge on any atom is -0.463 e. The van der Waals surface area contributed by atoms with Crippen molar-refractivity contribution in [3.8, 4) is 0 Å². The first-order valence-electron chi connectivity index (χ1n) is 16.0. The maximum absolute atomic E-state index is 13.8. The van der Waals surface area contributed by atoms with Crippen molar-refractivity contribution in [3.05, 3.63) is 35.4 Å². The first-order chi connectivity index (χ1) is 24.5. The molecular weight excluding hydrogens is 698 g/mol. The summed E-state index contributed by atoms with van der Waals surface area (Å²) in [7, 11) is 1.21. The number of esters is 6. The van der Waals surface area contributed by atoms with E-state index < -0.39 is 122 Å². The van der Waals surface area contributed by atoms with E-state index in [1.165, 1.54) is 31.4 Å². The lowest BCUT2D eigenvalue weighted by molar-refractivity contribution is -0.323. The number of rotatable bonds is 12. The van der Waals surface area contributed by atoms with Gasteiger partial charge in [0.2, 0.25) is 0 Å². The summed E-state index contributed by atoms with van der Waals surface area (Å²) in [6, 6.07) is 4.21. The number of imide groups is 1. The fraction of sp³-hybridized carbons (Fsp3) is 0.576. The lowest BCUT2D eigenvalue weighted by Crippen LogP contribution is -2.68. The molecule has 4 rings (SSSR count). The zero-order chi connectivity index (χ0) is 38.4. The normalized spacial score (nSPS) is 29.7. The first kappa shape index (κ1) is 39.8. The van der Waals surface area contributed by atoms with Crippen molar-refractivity contribution in [2.24, 2.45) is 0 Å². The molecule has 0 aliphatic carbocycles. The summed E-state index contributed by atoms with van der Waals surface area (Å²) in [5, 5.41) is 0. The predicted molar refractivity (Wildman–Crippen MR) is 165 cm³/mol. The molecule has 2 amide bonds. The number of methoxy groups -OCH3 is 1. The quantitative estimate of drug-likeness (QED) is 0.156. The average molecular weight is 738 g/mol. The van der Waals surface area contributed by atoms with E-state index in [4.69, 9.17) is 47.4 Å². The number of hydrogen-bond donors (Lipinski definition) is 0. The Hall–Kier alpha value is -4.98. The molecule has 0 radical (unpaired) electrons. The molecule has 3 heterocycles. The minimum absolute atomic E-state index is 0.00751. The van der Waals surface area contributed by atoms with Crippen LogP contribution in [0.3, 0.4) is 0 Å². The Morgan fingerprint density at radius 1 is 0.577 bits per heavy atom. The molecule has 0 aromatic heterocycles. The molecular formula is C33H39NO18. The number of ether oxygens (including phenoxy) is 10. The number of amides is 2. The Bertz CT molecular complexity index is 1540. The van der Waals surface area contributed by atoms with Crippen LogP contribution in [0.2, 0.25) is 0 Å². The topological polar surface area (TPSA) is 232 Å². The summed E-state index contributed by atoms with van der Waals surface area (Å²) in [5.41, 5.74) is 0.0150.